The van der Waals surface area contributed by atoms with Crippen LogP contribution in [0.15, 0.2) is 23.4 Å². The number of phenolic OH excluding ortho intramolecular Hbond substituents is 1. The van der Waals surface area contributed by atoms with Gasteiger partial charge in [-0.25, -0.2) is 0 Å². The summed E-state index contributed by atoms with van der Waals surface area (Å²) in [7, 11) is 0. The molecule has 0 aliphatic rings. The van der Waals surface area contributed by atoms with Gasteiger partial charge in [0.25, 0.3) is 0 Å². The van der Waals surface area contributed by atoms with E-state index >= 15 is 0 Å². The third-order valence-electron chi connectivity index (χ3n) is 1.89. The monoisotopic (exact) mass is 179 g/mol. The van der Waals surface area contributed by atoms with E-state index in [1.165, 1.54) is 12.1 Å². The first-order valence-corrected chi connectivity index (χ1v) is 4.12. The summed E-state index contributed by atoms with van der Waals surface area (Å²) in [6, 6.07) is 4.58. The van der Waals surface area contributed by atoms with Crippen LogP contribution in [0.1, 0.15) is 26.3 Å². The molecule has 1 aromatic rings. The Balaban J connectivity index is 3.32. The van der Waals surface area contributed by atoms with E-state index in [9.17, 15) is 10.0 Å². The second kappa shape index (κ2) is 3.17. The Labute approximate surface area is 77.4 Å². The van der Waals surface area contributed by atoms with E-state index in [0.29, 0.717) is 5.69 Å². The molecule has 0 bridgehead atoms. The molecule has 0 heterocycles. The fourth-order valence-electron chi connectivity index (χ4n) is 1.20. The van der Waals surface area contributed by atoms with E-state index < -0.39 is 0 Å². The Hall–Kier alpha value is -1.38. The second-order valence-corrected chi connectivity index (χ2v) is 4.04. The minimum Gasteiger partial charge on any atom is -0.508 e. The van der Waals surface area contributed by atoms with Gasteiger partial charge in [-0.05, 0) is 34.4 Å². The van der Waals surface area contributed by atoms with Gasteiger partial charge in [0.15, 0.2) is 0 Å². The van der Waals surface area contributed by atoms with Crippen molar-refractivity contribution in [2.24, 2.45) is 5.18 Å². The highest BCUT2D eigenvalue weighted by Crippen LogP contribution is 2.33. The van der Waals surface area contributed by atoms with Gasteiger partial charge in [-0.1, -0.05) is 20.8 Å². The van der Waals surface area contributed by atoms with Crippen molar-refractivity contribution in [3.63, 3.8) is 0 Å². The predicted molar refractivity (Wildman–Crippen MR) is 52.3 cm³/mol. The summed E-state index contributed by atoms with van der Waals surface area (Å²) in [4.78, 5) is 10.5. The molecule has 0 atom stereocenters. The number of nitroso groups, excluding NO2 is 1. The highest BCUT2D eigenvalue weighted by molar-refractivity contribution is 5.52. The molecular formula is C10H13NO2. The smallest absolute Gasteiger partial charge is 0.116 e. The Kier molecular flexibility index (Phi) is 2.36. The Bertz CT molecular complexity index is 326. The maximum atomic E-state index is 10.5. The van der Waals surface area contributed by atoms with Crippen molar-refractivity contribution in [1.29, 1.82) is 0 Å². The lowest BCUT2D eigenvalue weighted by atomic mass is 9.86. The van der Waals surface area contributed by atoms with Crippen LogP contribution >= 0.6 is 0 Å². The van der Waals surface area contributed by atoms with Gasteiger partial charge in [0, 0.05) is 0 Å². The van der Waals surface area contributed by atoms with Crippen LogP contribution < -0.4 is 0 Å². The molecule has 1 N–H and O–H groups in total. The predicted octanol–water partition coefficient (Wildman–Crippen LogP) is 3.09. The lowest BCUT2D eigenvalue weighted by Gasteiger charge is -2.20. The summed E-state index contributed by atoms with van der Waals surface area (Å²) in [6.07, 6.45) is 0. The molecule has 0 unspecified atom stereocenters. The van der Waals surface area contributed by atoms with Gasteiger partial charge in [-0.2, -0.15) is 0 Å². The number of hydrogen-bond acceptors (Lipinski definition) is 3. The quantitative estimate of drug-likeness (QED) is 0.673. The molecule has 13 heavy (non-hydrogen) atoms. The standard InChI is InChI=1S/C10H13NO2/c1-10(2,3)8-6-7(12)4-5-9(8)11-13/h4-6,12H,1-3H3. The van der Waals surface area contributed by atoms with Crippen LogP contribution in [0.25, 0.3) is 0 Å². The molecule has 0 amide bonds. The van der Waals surface area contributed by atoms with Gasteiger partial charge in [-0.3, -0.25) is 0 Å². The van der Waals surface area contributed by atoms with Crippen molar-refractivity contribution in [2.45, 2.75) is 26.2 Å². The van der Waals surface area contributed by atoms with E-state index in [4.69, 9.17) is 0 Å². The molecular weight excluding hydrogens is 166 g/mol. The maximum Gasteiger partial charge on any atom is 0.116 e. The van der Waals surface area contributed by atoms with Gasteiger partial charge in [0.05, 0.1) is 0 Å². The zero-order valence-corrected chi connectivity index (χ0v) is 8.03. The molecule has 0 spiro atoms. The van der Waals surface area contributed by atoms with E-state index in [1.807, 2.05) is 20.8 Å². The van der Waals surface area contributed by atoms with E-state index in [2.05, 4.69) is 5.18 Å². The second-order valence-electron chi connectivity index (χ2n) is 4.04. The molecule has 0 fully saturated rings. The van der Waals surface area contributed by atoms with Gasteiger partial charge < -0.3 is 5.11 Å². The van der Waals surface area contributed by atoms with Crippen molar-refractivity contribution in [2.75, 3.05) is 0 Å². The van der Waals surface area contributed by atoms with Crippen molar-refractivity contribution in [3.05, 3.63) is 28.7 Å². The number of benzene rings is 1. The van der Waals surface area contributed by atoms with E-state index in [-0.39, 0.29) is 11.2 Å². The highest BCUT2D eigenvalue weighted by atomic mass is 16.3. The Morgan fingerprint density at radius 3 is 2.38 bits per heavy atom. The molecule has 1 rings (SSSR count). The zero-order chi connectivity index (χ0) is 10.1. The minimum atomic E-state index is -0.179. The first-order chi connectivity index (χ1) is 5.95. The maximum absolute atomic E-state index is 10.5. The molecule has 0 aliphatic heterocycles. The zero-order valence-electron chi connectivity index (χ0n) is 8.03. The third kappa shape index (κ3) is 2.05. The minimum absolute atomic E-state index is 0.164. The average molecular weight is 179 g/mol. The summed E-state index contributed by atoms with van der Waals surface area (Å²) in [5, 5.41) is 12.2. The van der Waals surface area contributed by atoms with Crippen molar-refractivity contribution in [1.82, 2.24) is 0 Å². The van der Waals surface area contributed by atoms with Gasteiger partial charge in [0.1, 0.15) is 11.4 Å². The van der Waals surface area contributed by atoms with Crippen molar-refractivity contribution >= 4 is 5.69 Å². The van der Waals surface area contributed by atoms with Crippen LogP contribution in [0.2, 0.25) is 0 Å². The molecule has 0 saturated carbocycles. The topological polar surface area (TPSA) is 49.7 Å². The number of phenols is 1. The summed E-state index contributed by atoms with van der Waals surface area (Å²) in [5.41, 5.74) is 0.981. The van der Waals surface area contributed by atoms with E-state index in [1.54, 1.807) is 6.07 Å². The summed E-state index contributed by atoms with van der Waals surface area (Å²) < 4.78 is 0. The van der Waals surface area contributed by atoms with Crippen LogP contribution in [0.3, 0.4) is 0 Å². The fraction of sp³-hybridized carbons (Fsp3) is 0.400. The Morgan fingerprint density at radius 1 is 1.31 bits per heavy atom. The lowest BCUT2D eigenvalue weighted by molar-refractivity contribution is 0.471. The molecule has 3 nitrogen and oxygen atoms in total. The molecule has 0 aliphatic carbocycles. The van der Waals surface area contributed by atoms with Gasteiger partial charge in [0.2, 0.25) is 0 Å². The molecule has 70 valence electrons. The SMILES string of the molecule is CC(C)(C)c1cc(O)ccc1N=O. The average Bonchev–Trinajstić information content (AvgIpc) is 2.03. The van der Waals surface area contributed by atoms with Crippen LogP contribution in [0.4, 0.5) is 5.69 Å². The third-order valence-corrected chi connectivity index (χ3v) is 1.89. The van der Waals surface area contributed by atoms with Crippen LogP contribution in [0, 0.1) is 4.91 Å². The largest absolute Gasteiger partial charge is 0.508 e. The fourth-order valence-corrected chi connectivity index (χ4v) is 1.20. The number of nitrogens with zero attached hydrogens (tertiary/aromatic N) is 1. The molecule has 1 aromatic carbocycles. The summed E-state index contributed by atoms with van der Waals surface area (Å²) >= 11 is 0. The highest BCUT2D eigenvalue weighted by Gasteiger charge is 2.18. The van der Waals surface area contributed by atoms with Crippen LogP contribution in [-0.4, -0.2) is 5.11 Å². The summed E-state index contributed by atoms with van der Waals surface area (Å²) in [6.45, 7) is 5.91. The molecule has 0 saturated heterocycles. The normalized spacial score (nSPS) is 11.3. The molecule has 3 heteroatoms. The summed E-state index contributed by atoms with van der Waals surface area (Å²) in [5.74, 6) is 0.164. The van der Waals surface area contributed by atoms with Crippen LogP contribution in [-0.2, 0) is 5.41 Å². The molecule has 0 radical (unpaired) electrons. The van der Waals surface area contributed by atoms with Gasteiger partial charge >= 0.3 is 0 Å². The first-order valence-electron chi connectivity index (χ1n) is 4.12. The lowest BCUT2D eigenvalue weighted by Crippen LogP contribution is -2.10. The molecule has 0 aromatic heterocycles. The van der Waals surface area contributed by atoms with Crippen molar-refractivity contribution < 1.29 is 5.11 Å². The number of aromatic hydroxyl groups is 1. The van der Waals surface area contributed by atoms with Crippen LogP contribution in [0.5, 0.6) is 5.75 Å². The number of rotatable bonds is 1. The Morgan fingerprint density at radius 2 is 1.92 bits per heavy atom. The van der Waals surface area contributed by atoms with E-state index in [0.717, 1.165) is 5.56 Å². The first kappa shape index (κ1) is 9.71. The van der Waals surface area contributed by atoms with Crippen molar-refractivity contribution in [3.8, 4) is 5.75 Å². The van der Waals surface area contributed by atoms with Gasteiger partial charge in [-0.15, -0.1) is 4.91 Å². The number of hydrogen-bond donors (Lipinski definition) is 1.